The van der Waals surface area contributed by atoms with Crippen molar-refractivity contribution in [2.75, 3.05) is 45.0 Å². The summed E-state index contributed by atoms with van der Waals surface area (Å²) in [7, 11) is 0. The van der Waals surface area contributed by atoms with Crippen LogP contribution in [0.3, 0.4) is 0 Å². The van der Waals surface area contributed by atoms with Gasteiger partial charge in [-0.1, -0.05) is 0 Å². The Labute approximate surface area is 85.5 Å². The van der Waals surface area contributed by atoms with Crippen molar-refractivity contribution in [3.05, 3.63) is 0 Å². The first kappa shape index (κ1) is 11.0. The minimum absolute atomic E-state index is 0.598. The van der Waals surface area contributed by atoms with Crippen LogP contribution in [-0.4, -0.2) is 61.1 Å². The summed E-state index contributed by atoms with van der Waals surface area (Å²) < 4.78 is 0. The van der Waals surface area contributed by atoms with E-state index in [-0.39, 0.29) is 0 Å². The van der Waals surface area contributed by atoms with Crippen molar-refractivity contribution >= 4 is 18.9 Å². The highest BCUT2D eigenvalue weighted by Crippen LogP contribution is 2.01. The van der Waals surface area contributed by atoms with Crippen LogP contribution in [0.25, 0.3) is 0 Å². The molecule has 0 aliphatic carbocycles. The maximum absolute atomic E-state index is 10.3. The van der Waals surface area contributed by atoms with Gasteiger partial charge in [-0.25, -0.2) is 0 Å². The summed E-state index contributed by atoms with van der Waals surface area (Å²) >= 11 is 4.19. The molecule has 0 spiro atoms. The zero-order valence-electron chi connectivity index (χ0n) is 7.98. The van der Waals surface area contributed by atoms with Gasteiger partial charge in [0.05, 0.1) is 6.54 Å². The molecule has 1 fully saturated rings. The van der Waals surface area contributed by atoms with Gasteiger partial charge >= 0.3 is 0 Å². The summed E-state index contributed by atoms with van der Waals surface area (Å²) in [5.41, 5.74) is 0. The molecule has 1 aliphatic heterocycles. The lowest BCUT2D eigenvalue weighted by Crippen LogP contribution is -2.47. The normalized spacial score (nSPS) is 20.4. The second kappa shape index (κ2) is 6.40. The molecule has 0 amide bonds. The maximum atomic E-state index is 10.3. The number of rotatable bonds is 5. The molecule has 1 heterocycles. The molecule has 0 aromatic rings. The van der Waals surface area contributed by atoms with Gasteiger partial charge in [-0.2, -0.15) is 12.6 Å². The van der Waals surface area contributed by atoms with E-state index in [1.165, 1.54) is 0 Å². The van der Waals surface area contributed by atoms with Crippen LogP contribution < -0.4 is 0 Å². The average Bonchev–Trinajstić information content (AvgIpc) is 2.17. The fourth-order valence-corrected chi connectivity index (χ4v) is 1.74. The predicted octanol–water partition coefficient (Wildman–Crippen LogP) is 0.123. The van der Waals surface area contributed by atoms with Gasteiger partial charge in [0.1, 0.15) is 6.29 Å². The summed E-state index contributed by atoms with van der Waals surface area (Å²) in [6.45, 7) is 6.01. The molecule has 0 unspecified atom stereocenters. The van der Waals surface area contributed by atoms with Gasteiger partial charge in [-0.05, 0) is 18.7 Å². The third-order valence-electron chi connectivity index (χ3n) is 2.43. The molecule has 13 heavy (non-hydrogen) atoms. The van der Waals surface area contributed by atoms with Crippen molar-refractivity contribution in [1.82, 2.24) is 9.80 Å². The third kappa shape index (κ3) is 4.11. The lowest BCUT2D eigenvalue weighted by molar-refractivity contribution is -0.109. The molecule has 0 radical (unpaired) electrons. The van der Waals surface area contributed by atoms with Crippen molar-refractivity contribution in [2.45, 2.75) is 6.42 Å². The van der Waals surface area contributed by atoms with Crippen molar-refractivity contribution in [1.29, 1.82) is 0 Å². The van der Waals surface area contributed by atoms with Gasteiger partial charge in [0.25, 0.3) is 0 Å². The Morgan fingerprint density at radius 2 is 1.77 bits per heavy atom. The first-order valence-electron chi connectivity index (χ1n) is 4.86. The van der Waals surface area contributed by atoms with Crippen LogP contribution in [0, 0.1) is 0 Å². The van der Waals surface area contributed by atoms with Crippen LogP contribution in [0.2, 0.25) is 0 Å². The third-order valence-corrected chi connectivity index (χ3v) is 2.75. The van der Waals surface area contributed by atoms with Gasteiger partial charge in [-0.3, -0.25) is 4.90 Å². The van der Waals surface area contributed by atoms with Crippen LogP contribution in [0.4, 0.5) is 0 Å². The van der Waals surface area contributed by atoms with E-state index >= 15 is 0 Å². The van der Waals surface area contributed by atoms with Crippen molar-refractivity contribution in [2.24, 2.45) is 0 Å². The topological polar surface area (TPSA) is 23.6 Å². The molecule has 0 N–H and O–H groups in total. The van der Waals surface area contributed by atoms with Crippen molar-refractivity contribution < 1.29 is 4.79 Å². The Kier molecular flexibility index (Phi) is 5.43. The summed E-state index contributed by atoms with van der Waals surface area (Å²) in [5, 5.41) is 0. The van der Waals surface area contributed by atoms with Gasteiger partial charge < -0.3 is 9.69 Å². The molecule has 0 saturated carbocycles. The second-order valence-electron chi connectivity index (χ2n) is 3.39. The molecule has 0 bridgehead atoms. The first-order chi connectivity index (χ1) is 6.36. The number of thiol groups is 1. The average molecular weight is 202 g/mol. The monoisotopic (exact) mass is 202 g/mol. The predicted molar refractivity (Wildman–Crippen MR) is 57.4 cm³/mol. The Hall–Kier alpha value is -0.0600. The molecule has 4 heteroatoms. The van der Waals surface area contributed by atoms with Crippen molar-refractivity contribution in [3.63, 3.8) is 0 Å². The first-order valence-corrected chi connectivity index (χ1v) is 5.49. The van der Waals surface area contributed by atoms with E-state index < -0.39 is 0 Å². The van der Waals surface area contributed by atoms with Crippen LogP contribution in [0.5, 0.6) is 0 Å². The zero-order chi connectivity index (χ0) is 9.52. The molecule has 0 aromatic carbocycles. The summed E-state index contributed by atoms with van der Waals surface area (Å²) in [5.74, 6) is 0.967. The highest BCUT2D eigenvalue weighted by Gasteiger charge is 2.14. The Morgan fingerprint density at radius 1 is 1.15 bits per heavy atom. The molecule has 76 valence electrons. The summed E-state index contributed by atoms with van der Waals surface area (Å²) in [6, 6.07) is 0. The van der Waals surface area contributed by atoms with Crippen LogP contribution in [0.15, 0.2) is 0 Å². The lowest BCUT2D eigenvalue weighted by Gasteiger charge is -2.33. The molecular weight excluding hydrogens is 184 g/mol. The molecule has 1 aliphatic rings. The number of hydrogen-bond donors (Lipinski definition) is 1. The number of carbonyl (C=O) groups is 1. The van der Waals surface area contributed by atoms with Gasteiger partial charge in [0.15, 0.2) is 0 Å². The molecular formula is C9H18N2OS. The van der Waals surface area contributed by atoms with E-state index in [1.807, 2.05) is 0 Å². The van der Waals surface area contributed by atoms with E-state index in [9.17, 15) is 4.79 Å². The summed E-state index contributed by atoms with van der Waals surface area (Å²) in [6.07, 6.45) is 2.15. The maximum Gasteiger partial charge on any atom is 0.133 e. The van der Waals surface area contributed by atoms with Gasteiger partial charge in [-0.15, -0.1) is 0 Å². The van der Waals surface area contributed by atoms with E-state index in [0.717, 1.165) is 51.2 Å². The second-order valence-corrected chi connectivity index (χ2v) is 3.83. The van der Waals surface area contributed by atoms with Crippen LogP contribution >= 0.6 is 12.6 Å². The quantitative estimate of drug-likeness (QED) is 0.506. The number of piperazine rings is 1. The fraction of sp³-hybridized carbons (Fsp3) is 0.889. The molecule has 1 rings (SSSR count). The van der Waals surface area contributed by atoms with Crippen molar-refractivity contribution in [3.8, 4) is 0 Å². The standard InChI is InChI=1S/C9H18N2OS/c12-8-7-11-5-3-10(4-6-11)2-1-9-13/h8,13H,1-7,9H2. The fourth-order valence-electron chi connectivity index (χ4n) is 1.60. The number of hydrogen-bond acceptors (Lipinski definition) is 4. The van der Waals surface area contributed by atoms with Crippen LogP contribution in [-0.2, 0) is 4.79 Å². The zero-order valence-corrected chi connectivity index (χ0v) is 8.88. The Morgan fingerprint density at radius 3 is 2.31 bits per heavy atom. The molecule has 0 atom stereocenters. The molecule has 1 saturated heterocycles. The smallest absolute Gasteiger partial charge is 0.133 e. The highest BCUT2D eigenvalue weighted by molar-refractivity contribution is 7.80. The summed E-state index contributed by atoms with van der Waals surface area (Å²) in [4.78, 5) is 14.9. The Bertz CT molecular complexity index is 147. The van der Waals surface area contributed by atoms with E-state index in [0.29, 0.717) is 6.54 Å². The SMILES string of the molecule is O=CCN1CCN(CCCS)CC1. The van der Waals surface area contributed by atoms with Crippen LogP contribution in [0.1, 0.15) is 6.42 Å². The lowest BCUT2D eigenvalue weighted by atomic mass is 10.3. The van der Waals surface area contributed by atoms with E-state index in [4.69, 9.17) is 0 Å². The largest absolute Gasteiger partial charge is 0.302 e. The van der Waals surface area contributed by atoms with Gasteiger partial charge in [0, 0.05) is 26.2 Å². The number of nitrogens with zero attached hydrogens (tertiary/aromatic N) is 2. The van der Waals surface area contributed by atoms with E-state index in [1.54, 1.807) is 0 Å². The minimum atomic E-state index is 0.598. The number of aldehydes is 1. The number of carbonyl (C=O) groups excluding carboxylic acids is 1. The molecule has 3 nitrogen and oxygen atoms in total. The Balaban J connectivity index is 2.11. The van der Waals surface area contributed by atoms with Gasteiger partial charge in [0.2, 0.25) is 0 Å². The van der Waals surface area contributed by atoms with E-state index in [2.05, 4.69) is 22.4 Å². The minimum Gasteiger partial charge on any atom is -0.302 e. The highest BCUT2D eigenvalue weighted by atomic mass is 32.1. The molecule has 0 aromatic heterocycles.